The number of amides is 1. The fourth-order valence-electron chi connectivity index (χ4n) is 4.57. The fourth-order valence-corrected chi connectivity index (χ4v) is 4.57. The zero-order valence-electron chi connectivity index (χ0n) is 17.5. The minimum Gasteiger partial charge on any atom is -0.488 e. The molecule has 2 aromatic carbocycles. The molecule has 4 rings (SSSR count). The van der Waals surface area contributed by atoms with E-state index in [0.29, 0.717) is 38.0 Å². The van der Waals surface area contributed by atoms with Gasteiger partial charge in [-0.25, -0.2) is 8.78 Å². The molecule has 0 bridgehead atoms. The van der Waals surface area contributed by atoms with Crippen LogP contribution in [0.5, 0.6) is 5.75 Å². The molecule has 1 amide bonds. The molecule has 1 aliphatic heterocycles. The Bertz CT molecular complexity index is 975. The number of piperidine rings is 1. The van der Waals surface area contributed by atoms with Crippen molar-refractivity contribution in [3.8, 4) is 5.75 Å². The van der Waals surface area contributed by atoms with Crippen LogP contribution in [0.3, 0.4) is 0 Å². The van der Waals surface area contributed by atoms with E-state index < -0.39 is 16.6 Å². The van der Waals surface area contributed by atoms with Crippen LogP contribution in [-0.4, -0.2) is 36.1 Å². The van der Waals surface area contributed by atoms with Crippen LogP contribution >= 0.6 is 0 Å². The van der Waals surface area contributed by atoms with Crippen molar-refractivity contribution in [3.05, 3.63) is 64.2 Å². The number of nitro benzene ring substituents is 1. The molecule has 2 aliphatic rings. The Labute approximate surface area is 184 Å². The Morgan fingerprint density at radius 3 is 2.44 bits per heavy atom. The highest BCUT2D eigenvalue weighted by Crippen LogP contribution is 2.32. The van der Waals surface area contributed by atoms with Gasteiger partial charge in [0.05, 0.1) is 11.0 Å². The number of ether oxygens (including phenoxy) is 1. The smallest absolute Gasteiger partial charge is 0.292 e. The predicted molar refractivity (Wildman–Crippen MR) is 115 cm³/mol. The van der Waals surface area contributed by atoms with Crippen LogP contribution in [0.2, 0.25) is 0 Å². The van der Waals surface area contributed by atoms with E-state index in [4.69, 9.17) is 4.74 Å². The second-order valence-corrected chi connectivity index (χ2v) is 8.31. The number of rotatable bonds is 6. The Kier molecular flexibility index (Phi) is 6.53. The van der Waals surface area contributed by atoms with Gasteiger partial charge in [-0.2, -0.15) is 0 Å². The molecule has 9 heteroatoms. The van der Waals surface area contributed by atoms with E-state index in [1.54, 1.807) is 18.2 Å². The third-order valence-electron chi connectivity index (χ3n) is 6.19. The first-order chi connectivity index (χ1) is 15.4. The molecular weight excluding hydrogens is 420 g/mol. The number of nitrogens with one attached hydrogen (secondary N) is 1. The zero-order valence-corrected chi connectivity index (χ0v) is 17.5. The molecule has 1 N–H and O–H groups in total. The van der Waals surface area contributed by atoms with Crippen LogP contribution in [-0.2, 0) is 4.79 Å². The molecule has 1 saturated heterocycles. The molecule has 0 spiro atoms. The number of hydrogen-bond donors (Lipinski definition) is 1. The lowest BCUT2D eigenvalue weighted by Crippen LogP contribution is -2.47. The van der Waals surface area contributed by atoms with Crippen LogP contribution in [0.25, 0.3) is 0 Å². The van der Waals surface area contributed by atoms with Crippen LogP contribution in [0, 0.1) is 27.7 Å². The highest BCUT2D eigenvalue weighted by Gasteiger charge is 2.34. The largest absolute Gasteiger partial charge is 0.488 e. The first kappa shape index (κ1) is 22.0. The summed E-state index contributed by atoms with van der Waals surface area (Å²) in [5.74, 6) is -1.56. The van der Waals surface area contributed by atoms with Gasteiger partial charge in [0.15, 0.2) is 0 Å². The summed E-state index contributed by atoms with van der Waals surface area (Å²) in [4.78, 5) is 25.7. The van der Waals surface area contributed by atoms with Crippen molar-refractivity contribution in [2.45, 2.75) is 44.2 Å². The molecule has 1 aliphatic carbocycles. The number of benzene rings is 2. The maximum atomic E-state index is 13.4. The number of anilines is 1. The van der Waals surface area contributed by atoms with Gasteiger partial charge in [0.25, 0.3) is 5.69 Å². The van der Waals surface area contributed by atoms with Crippen molar-refractivity contribution in [2.24, 2.45) is 5.92 Å². The summed E-state index contributed by atoms with van der Waals surface area (Å²) < 4.78 is 32.7. The summed E-state index contributed by atoms with van der Waals surface area (Å²) in [7, 11) is 0. The minimum absolute atomic E-state index is 0.0649. The van der Waals surface area contributed by atoms with Gasteiger partial charge < -0.3 is 15.0 Å². The van der Waals surface area contributed by atoms with Crippen LogP contribution in [0.1, 0.15) is 32.1 Å². The normalized spacial score (nSPS) is 21.4. The van der Waals surface area contributed by atoms with Crippen LogP contribution in [0.4, 0.5) is 20.2 Å². The molecule has 2 aromatic rings. The van der Waals surface area contributed by atoms with Crippen molar-refractivity contribution in [2.75, 3.05) is 18.0 Å². The monoisotopic (exact) mass is 445 g/mol. The van der Waals surface area contributed by atoms with Gasteiger partial charge >= 0.3 is 0 Å². The number of nitrogens with zero attached hydrogens (tertiary/aromatic N) is 2. The molecule has 7 nitrogen and oxygen atoms in total. The van der Waals surface area contributed by atoms with Gasteiger partial charge in [-0.15, -0.1) is 0 Å². The molecule has 0 unspecified atom stereocenters. The highest BCUT2D eigenvalue weighted by atomic mass is 19.1. The number of carbonyl (C=O) groups is 1. The molecule has 2 atom stereocenters. The van der Waals surface area contributed by atoms with E-state index in [1.165, 1.54) is 6.07 Å². The van der Waals surface area contributed by atoms with E-state index in [9.17, 15) is 23.7 Å². The van der Waals surface area contributed by atoms with Crippen molar-refractivity contribution in [1.29, 1.82) is 0 Å². The van der Waals surface area contributed by atoms with E-state index >= 15 is 0 Å². The third kappa shape index (κ3) is 4.98. The second kappa shape index (κ2) is 9.50. The average molecular weight is 445 g/mol. The lowest BCUT2D eigenvalue weighted by atomic mass is 9.95. The Morgan fingerprint density at radius 1 is 1.06 bits per heavy atom. The number of carbonyl (C=O) groups excluding carboxylic acids is 1. The molecule has 0 aromatic heterocycles. The third-order valence-corrected chi connectivity index (χ3v) is 6.19. The zero-order chi connectivity index (χ0) is 22.7. The minimum atomic E-state index is -0.705. The number of para-hydroxylation sites is 2. The fraction of sp³-hybridized carbons (Fsp3) is 0.435. The first-order valence-electron chi connectivity index (χ1n) is 10.8. The maximum Gasteiger partial charge on any atom is 0.292 e. The summed E-state index contributed by atoms with van der Waals surface area (Å²) in [5.41, 5.74) is 0.637. The van der Waals surface area contributed by atoms with Gasteiger partial charge in [0.1, 0.15) is 29.2 Å². The summed E-state index contributed by atoms with van der Waals surface area (Å²) in [5, 5.41) is 14.3. The number of halogens is 2. The van der Waals surface area contributed by atoms with Gasteiger partial charge in [-0.1, -0.05) is 12.1 Å². The molecule has 1 heterocycles. The van der Waals surface area contributed by atoms with Crippen molar-refractivity contribution >= 4 is 17.3 Å². The predicted octanol–water partition coefficient (Wildman–Crippen LogP) is 4.21. The van der Waals surface area contributed by atoms with E-state index in [0.717, 1.165) is 31.0 Å². The van der Waals surface area contributed by atoms with Crippen molar-refractivity contribution in [3.63, 3.8) is 0 Å². The summed E-state index contributed by atoms with van der Waals surface area (Å²) in [6.07, 6.45) is 3.12. The van der Waals surface area contributed by atoms with Crippen LogP contribution in [0.15, 0.2) is 42.5 Å². The second-order valence-electron chi connectivity index (χ2n) is 8.31. The highest BCUT2D eigenvalue weighted by molar-refractivity contribution is 5.79. The Hall–Kier alpha value is -3.23. The summed E-state index contributed by atoms with van der Waals surface area (Å²) in [6.45, 7) is 1.10. The Morgan fingerprint density at radius 2 is 1.75 bits per heavy atom. The molecule has 170 valence electrons. The SMILES string of the molecule is O=C(N[C@H]1CCC[C@H]1Oc1cc(F)cc(F)c1)C1CCN(c2ccccc2[N+](=O)[O-])CC1. The molecular formula is C23H25F2N3O4. The van der Waals surface area contributed by atoms with Gasteiger partial charge in [-0.05, 0) is 38.2 Å². The topological polar surface area (TPSA) is 84.7 Å². The lowest BCUT2D eigenvalue weighted by molar-refractivity contribution is -0.384. The van der Waals surface area contributed by atoms with E-state index in [1.807, 2.05) is 4.90 Å². The molecule has 0 radical (unpaired) electrons. The van der Waals surface area contributed by atoms with Gasteiger partial charge in [0, 0.05) is 43.3 Å². The Balaban J connectivity index is 1.33. The van der Waals surface area contributed by atoms with Gasteiger partial charge in [-0.3, -0.25) is 14.9 Å². The number of nitro groups is 1. The summed E-state index contributed by atoms with van der Waals surface area (Å²) in [6, 6.07) is 9.47. The summed E-state index contributed by atoms with van der Waals surface area (Å²) >= 11 is 0. The first-order valence-corrected chi connectivity index (χ1v) is 10.8. The van der Waals surface area contributed by atoms with Gasteiger partial charge in [0.2, 0.25) is 5.91 Å². The molecule has 32 heavy (non-hydrogen) atoms. The van der Waals surface area contributed by atoms with Crippen molar-refractivity contribution < 1.29 is 23.2 Å². The standard InChI is InChI=1S/C23H25F2N3O4/c24-16-12-17(25)14-18(13-16)32-22-7-3-4-19(22)26-23(29)15-8-10-27(11-9-15)20-5-1-2-6-21(20)28(30)31/h1-2,5-6,12-15,19,22H,3-4,7-11H2,(H,26,29)/t19-,22+/m0/s1. The molecule has 1 saturated carbocycles. The van der Waals surface area contributed by atoms with Crippen LogP contribution < -0.4 is 15.0 Å². The average Bonchev–Trinajstić information content (AvgIpc) is 3.19. The quantitative estimate of drug-likeness (QED) is 0.532. The van der Waals surface area contributed by atoms with E-state index in [2.05, 4.69) is 5.32 Å². The van der Waals surface area contributed by atoms with Crippen molar-refractivity contribution in [1.82, 2.24) is 5.32 Å². The lowest BCUT2D eigenvalue weighted by Gasteiger charge is -2.33. The maximum absolute atomic E-state index is 13.4. The van der Waals surface area contributed by atoms with E-state index in [-0.39, 0.29) is 35.4 Å². The number of hydrogen-bond acceptors (Lipinski definition) is 5. The molecule has 2 fully saturated rings.